The molecule has 1 fully saturated rings. The van der Waals surface area contributed by atoms with Crippen LogP contribution < -0.4 is 0 Å². The van der Waals surface area contributed by atoms with Crippen LogP contribution in [0.4, 0.5) is 8.78 Å². The Hall–Kier alpha value is -2.50. The van der Waals surface area contributed by atoms with Gasteiger partial charge in [0.2, 0.25) is 0 Å². The molecular formula is C18H15F2N3O. The van der Waals surface area contributed by atoms with Gasteiger partial charge in [-0.3, -0.25) is 9.89 Å². The summed E-state index contributed by atoms with van der Waals surface area (Å²) in [4.78, 5) is 14.2. The van der Waals surface area contributed by atoms with Gasteiger partial charge in [0.1, 0.15) is 12.0 Å². The zero-order valence-electron chi connectivity index (χ0n) is 13.0. The van der Waals surface area contributed by atoms with Crippen LogP contribution in [0.3, 0.4) is 0 Å². The number of alkyl halides is 2. The molecule has 0 saturated heterocycles. The van der Waals surface area contributed by atoms with Gasteiger partial charge in [-0.2, -0.15) is 5.10 Å². The summed E-state index contributed by atoms with van der Waals surface area (Å²) in [5.74, 6) is -3.19. The summed E-state index contributed by atoms with van der Waals surface area (Å²) in [5.41, 5.74) is 3.76. The summed E-state index contributed by atoms with van der Waals surface area (Å²) >= 11 is 0. The van der Waals surface area contributed by atoms with Gasteiger partial charge in [0.05, 0.1) is 5.69 Å². The van der Waals surface area contributed by atoms with Crippen LogP contribution in [0.15, 0.2) is 24.3 Å². The number of aromatic nitrogens is 3. The number of hydrogen-bond donors (Lipinski definition) is 2. The number of H-pyrrole nitrogens is 2. The van der Waals surface area contributed by atoms with Gasteiger partial charge in [-0.15, -0.1) is 0 Å². The lowest BCUT2D eigenvalue weighted by atomic mass is 9.87. The van der Waals surface area contributed by atoms with Crippen molar-refractivity contribution in [3.63, 3.8) is 0 Å². The Labute approximate surface area is 136 Å². The highest BCUT2D eigenvalue weighted by Crippen LogP contribution is 2.70. The van der Waals surface area contributed by atoms with E-state index in [1.165, 1.54) is 0 Å². The molecule has 122 valence electrons. The van der Waals surface area contributed by atoms with Crippen molar-refractivity contribution in [1.29, 1.82) is 0 Å². The van der Waals surface area contributed by atoms with Gasteiger partial charge in [0.25, 0.3) is 5.92 Å². The summed E-state index contributed by atoms with van der Waals surface area (Å²) in [5, 5.41) is 8.23. The average Bonchev–Trinajstić information content (AvgIpc) is 2.98. The minimum atomic E-state index is -2.59. The van der Waals surface area contributed by atoms with E-state index in [1.54, 1.807) is 19.1 Å². The summed E-state index contributed by atoms with van der Waals surface area (Å²) in [7, 11) is 0. The van der Waals surface area contributed by atoms with Gasteiger partial charge >= 0.3 is 0 Å². The molecule has 3 aromatic rings. The van der Waals surface area contributed by atoms with Crippen molar-refractivity contribution in [2.75, 3.05) is 0 Å². The maximum atomic E-state index is 14.0. The van der Waals surface area contributed by atoms with E-state index in [2.05, 4.69) is 15.2 Å². The molecule has 0 amide bonds. The molecule has 2 aromatic heterocycles. The molecule has 1 aromatic carbocycles. The van der Waals surface area contributed by atoms with Crippen molar-refractivity contribution in [3.8, 4) is 11.4 Å². The Bertz CT molecular complexity index is 1000. The van der Waals surface area contributed by atoms with Gasteiger partial charge in [-0.05, 0) is 30.7 Å². The molecule has 6 heteroatoms. The number of hydrogen-bond acceptors (Lipinski definition) is 2. The predicted octanol–water partition coefficient (Wildman–Crippen LogP) is 3.74. The number of aromatic amines is 2. The van der Waals surface area contributed by atoms with Gasteiger partial charge in [-0.25, -0.2) is 8.78 Å². The summed E-state index contributed by atoms with van der Waals surface area (Å²) < 4.78 is 28.1. The Morgan fingerprint density at radius 2 is 2.17 bits per heavy atom. The van der Waals surface area contributed by atoms with Crippen LogP contribution >= 0.6 is 0 Å². The molecule has 2 N–H and O–H groups in total. The van der Waals surface area contributed by atoms with Crippen LogP contribution in [0.2, 0.25) is 0 Å². The molecule has 0 spiro atoms. The topological polar surface area (TPSA) is 61.5 Å². The van der Waals surface area contributed by atoms with E-state index in [0.29, 0.717) is 24.1 Å². The zero-order chi connectivity index (χ0) is 16.7. The molecule has 2 heterocycles. The van der Waals surface area contributed by atoms with Gasteiger partial charge < -0.3 is 4.98 Å². The predicted molar refractivity (Wildman–Crippen MR) is 85.2 cm³/mol. The van der Waals surface area contributed by atoms with E-state index in [1.807, 2.05) is 12.1 Å². The number of nitrogens with zero attached hydrogens (tertiary/aromatic N) is 1. The number of rotatable bonds is 2. The quantitative estimate of drug-likeness (QED) is 0.704. The van der Waals surface area contributed by atoms with Crippen LogP contribution in [-0.2, 0) is 12.8 Å². The first-order valence-corrected chi connectivity index (χ1v) is 7.96. The molecule has 5 rings (SSSR count). The highest BCUT2D eigenvalue weighted by atomic mass is 19.3. The Kier molecular flexibility index (Phi) is 2.39. The maximum absolute atomic E-state index is 14.0. The summed E-state index contributed by atoms with van der Waals surface area (Å²) in [6.07, 6.45) is 1.49. The van der Waals surface area contributed by atoms with Crippen LogP contribution in [0.5, 0.6) is 0 Å². The molecule has 0 aliphatic heterocycles. The molecule has 4 nitrogen and oxygen atoms in total. The van der Waals surface area contributed by atoms with Gasteiger partial charge in [0, 0.05) is 45.5 Å². The van der Waals surface area contributed by atoms with Crippen molar-refractivity contribution in [1.82, 2.24) is 15.2 Å². The SMILES string of the molecule is CC12Cc3[nH]nc(-c4cc5cc(C=O)ccc5[nH]4)c3CC1C2(F)F. The van der Waals surface area contributed by atoms with Crippen molar-refractivity contribution >= 4 is 17.2 Å². The van der Waals surface area contributed by atoms with Crippen molar-refractivity contribution < 1.29 is 13.6 Å². The molecule has 0 bridgehead atoms. The van der Waals surface area contributed by atoms with E-state index >= 15 is 0 Å². The molecule has 0 radical (unpaired) electrons. The molecule has 1 saturated carbocycles. The van der Waals surface area contributed by atoms with Gasteiger partial charge in [0.15, 0.2) is 0 Å². The molecular weight excluding hydrogens is 312 g/mol. The number of halogens is 2. The number of nitrogens with one attached hydrogen (secondary N) is 2. The first-order chi connectivity index (χ1) is 11.4. The lowest BCUT2D eigenvalue weighted by molar-refractivity contribution is 0.0631. The van der Waals surface area contributed by atoms with Crippen molar-refractivity contribution in [3.05, 3.63) is 41.1 Å². The van der Waals surface area contributed by atoms with E-state index in [-0.39, 0.29) is 0 Å². The van der Waals surface area contributed by atoms with Crippen LogP contribution in [-0.4, -0.2) is 27.4 Å². The zero-order valence-corrected chi connectivity index (χ0v) is 13.0. The van der Waals surface area contributed by atoms with Crippen LogP contribution in [0, 0.1) is 11.3 Å². The third-order valence-corrected chi connectivity index (χ3v) is 5.83. The van der Waals surface area contributed by atoms with Crippen molar-refractivity contribution in [2.24, 2.45) is 11.3 Å². The fourth-order valence-electron chi connectivity index (χ4n) is 4.18. The second-order valence-electron chi connectivity index (χ2n) is 7.15. The number of fused-ring (bicyclic) bond motifs is 3. The minimum absolute atomic E-state index is 0.336. The molecule has 2 aliphatic rings. The lowest BCUT2D eigenvalue weighted by Crippen LogP contribution is -2.14. The average molecular weight is 327 g/mol. The third-order valence-electron chi connectivity index (χ3n) is 5.83. The smallest absolute Gasteiger partial charge is 0.258 e. The standard InChI is InChI=1S/C18H15F2N3O/c1-17-7-14-11(6-15(17)18(17,19)20)16(23-22-14)13-5-10-4-9(8-24)2-3-12(10)21-13/h2-5,8,15,21H,6-7H2,1H3,(H,22,23). The molecule has 2 aliphatic carbocycles. The highest BCUT2D eigenvalue weighted by molar-refractivity contribution is 5.90. The summed E-state index contributed by atoms with van der Waals surface area (Å²) in [6.45, 7) is 1.66. The number of aldehydes is 1. The van der Waals surface area contributed by atoms with E-state index in [0.717, 1.165) is 34.1 Å². The Morgan fingerprint density at radius 3 is 2.96 bits per heavy atom. The maximum Gasteiger partial charge on any atom is 0.258 e. The van der Waals surface area contributed by atoms with E-state index in [4.69, 9.17) is 0 Å². The second-order valence-corrected chi connectivity index (χ2v) is 7.15. The van der Waals surface area contributed by atoms with Crippen molar-refractivity contribution in [2.45, 2.75) is 25.7 Å². The Morgan fingerprint density at radius 1 is 1.33 bits per heavy atom. The molecule has 2 unspecified atom stereocenters. The molecule has 2 atom stereocenters. The summed E-state index contributed by atoms with van der Waals surface area (Å²) in [6, 6.07) is 7.30. The molecule has 24 heavy (non-hydrogen) atoms. The fourth-order valence-corrected chi connectivity index (χ4v) is 4.18. The minimum Gasteiger partial charge on any atom is -0.353 e. The first kappa shape index (κ1) is 13.9. The lowest BCUT2D eigenvalue weighted by Gasteiger charge is -2.15. The number of carbonyl (C=O) groups excluding carboxylic acids is 1. The van der Waals surface area contributed by atoms with Crippen LogP contribution in [0.25, 0.3) is 22.3 Å². The third kappa shape index (κ3) is 1.56. The van der Waals surface area contributed by atoms with E-state index in [9.17, 15) is 13.6 Å². The highest BCUT2D eigenvalue weighted by Gasteiger charge is 2.78. The normalized spacial score (nSPS) is 26.9. The monoisotopic (exact) mass is 327 g/mol. The largest absolute Gasteiger partial charge is 0.353 e. The number of carbonyl (C=O) groups is 1. The van der Waals surface area contributed by atoms with Gasteiger partial charge in [-0.1, -0.05) is 6.92 Å². The Balaban J connectivity index is 1.59. The first-order valence-electron chi connectivity index (χ1n) is 7.96. The fraction of sp³-hybridized carbons (Fsp3) is 0.333. The van der Waals surface area contributed by atoms with Crippen LogP contribution in [0.1, 0.15) is 28.5 Å². The number of benzene rings is 1. The second kappa shape index (κ2) is 4.12. The van der Waals surface area contributed by atoms with E-state index < -0.39 is 17.3 Å².